The van der Waals surface area contributed by atoms with Crippen molar-refractivity contribution in [3.8, 4) is 0 Å². The van der Waals surface area contributed by atoms with E-state index >= 15 is 0 Å². The highest BCUT2D eigenvalue weighted by molar-refractivity contribution is 9.11. The summed E-state index contributed by atoms with van der Waals surface area (Å²) in [6, 6.07) is 2.99. The molecule has 1 rings (SSSR count). The second-order valence-corrected chi connectivity index (χ2v) is 6.87. The Bertz CT molecular complexity index is 464. The Kier molecular flexibility index (Phi) is 7.18. The molecule has 0 aliphatic carbocycles. The summed E-state index contributed by atoms with van der Waals surface area (Å²) in [5.41, 5.74) is 0. The minimum absolute atomic E-state index is 0.106. The number of nitrogens with one attached hydrogen (secondary N) is 1. The van der Waals surface area contributed by atoms with E-state index < -0.39 is 6.04 Å². The fourth-order valence-corrected chi connectivity index (χ4v) is 2.94. The maximum absolute atomic E-state index is 12.1. The van der Waals surface area contributed by atoms with Crippen LogP contribution in [0.5, 0.6) is 0 Å². The van der Waals surface area contributed by atoms with Gasteiger partial charge in [0.05, 0.1) is 8.66 Å². The van der Waals surface area contributed by atoms with Crippen molar-refractivity contribution in [1.82, 2.24) is 10.2 Å². The number of methoxy groups -OCH3 is 1. The van der Waals surface area contributed by atoms with Crippen LogP contribution in [0.25, 0.3) is 0 Å². The zero-order chi connectivity index (χ0) is 15.1. The molecule has 1 heterocycles. The van der Waals surface area contributed by atoms with Gasteiger partial charge in [0.25, 0.3) is 5.91 Å². The lowest BCUT2D eigenvalue weighted by molar-refractivity contribution is -0.131. The molecule has 0 fully saturated rings. The number of amides is 2. The van der Waals surface area contributed by atoms with Gasteiger partial charge in [0, 0.05) is 27.3 Å². The topological polar surface area (TPSA) is 58.6 Å². The standard InChI is InChI=1S/C13H19BrN2O3S/c1-9(13(18)16(2)7-4-8-19-3)15-12(17)10-5-6-11(14)20-10/h5-6,9H,4,7-8H2,1-3H3,(H,15,17). The Morgan fingerprint density at radius 3 is 2.75 bits per heavy atom. The maximum Gasteiger partial charge on any atom is 0.262 e. The van der Waals surface area contributed by atoms with Gasteiger partial charge in [-0.3, -0.25) is 9.59 Å². The predicted octanol–water partition coefficient (Wildman–Crippen LogP) is 2.12. The second-order valence-electron chi connectivity index (χ2n) is 4.41. The lowest BCUT2D eigenvalue weighted by Gasteiger charge is -2.21. The van der Waals surface area contributed by atoms with Gasteiger partial charge in [-0.1, -0.05) is 0 Å². The molecule has 20 heavy (non-hydrogen) atoms. The van der Waals surface area contributed by atoms with Gasteiger partial charge < -0.3 is 15.0 Å². The van der Waals surface area contributed by atoms with Crippen LogP contribution in [-0.4, -0.2) is 50.1 Å². The van der Waals surface area contributed by atoms with Crippen molar-refractivity contribution in [2.75, 3.05) is 27.3 Å². The fourth-order valence-electron chi connectivity index (χ4n) is 1.65. The average Bonchev–Trinajstić information content (AvgIpc) is 2.84. The molecule has 112 valence electrons. The second kappa shape index (κ2) is 8.39. The number of likely N-dealkylation sites (N-methyl/N-ethyl adjacent to an activating group) is 1. The lowest BCUT2D eigenvalue weighted by atomic mass is 10.2. The summed E-state index contributed by atoms with van der Waals surface area (Å²) in [5, 5.41) is 2.71. The third kappa shape index (κ3) is 5.22. The molecule has 0 spiro atoms. The van der Waals surface area contributed by atoms with E-state index in [0.29, 0.717) is 18.0 Å². The van der Waals surface area contributed by atoms with E-state index in [1.807, 2.05) is 6.07 Å². The molecule has 1 aromatic rings. The van der Waals surface area contributed by atoms with E-state index in [-0.39, 0.29) is 11.8 Å². The minimum atomic E-state index is -0.545. The van der Waals surface area contributed by atoms with E-state index in [2.05, 4.69) is 21.2 Å². The van der Waals surface area contributed by atoms with Crippen molar-refractivity contribution in [1.29, 1.82) is 0 Å². The first kappa shape index (κ1) is 17.1. The first-order valence-corrected chi connectivity index (χ1v) is 7.86. The third-order valence-electron chi connectivity index (χ3n) is 2.73. The number of hydrogen-bond acceptors (Lipinski definition) is 4. The average molecular weight is 363 g/mol. The van der Waals surface area contributed by atoms with Gasteiger partial charge in [0.2, 0.25) is 5.91 Å². The summed E-state index contributed by atoms with van der Waals surface area (Å²) in [6.45, 7) is 2.91. The van der Waals surface area contributed by atoms with Crippen LogP contribution in [0.4, 0.5) is 0 Å². The fraction of sp³-hybridized carbons (Fsp3) is 0.538. The molecule has 1 N–H and O–H groups in total. The monoisotopic (exact) mass is 362 g/mol. The number of carbonyl (C=O) groups is 2. The Morgan fingerprint density at radius 1 is 1.50 bits per heavy atom. The zero-order valence-electron chi connectivity index (χ0n) is 11.8. The van der Waals surface area contributed by atoms with Crippen LogP contribution in [0.1, 0.15) is 23.0 Å². The molecule has 2 amide bonds. The molecule has 1 unspecified atom stereocenters. The third-order valence-corrected chi connectivity index (χ3v) is 4.36. The summed E-state index contributed by atoms with van der Waals surface area (Å²) >= 11 is 4.64. The van der Waals surface area contributed by atoms with Gasteiger partial charge in [-0.05, 0) is 41.4 Å². The predicted molar refractivity (Wildman–Crippen MR) is 83.1 cm³/mol. The molecule has 0 saturated carbocycles. The van der Waals surface area contributed by atoms with Crippen LogP contribution in [0.15, 0.2) is 15.9 Å². The highest BCUT2D eigenvalue weighted by atomic mass is 79.9. The normalized spacial score (nSPS) is 12.0. The van der Waals surface area contributed by atoms with Crippen LogP contribution in [0.2, 0.25) is 0 Å². The summed E-state index contributed by atoms with van der Waals surface area (Å²) in [4.78, 5) is 26.2. The van der Waals surface area contributed by atoms with Crippen LogP contribution in [0.3, 0.4) is 0 Å². The van der Waals surface area contributed by atoms with Gasteiger partial charge in [-0.2, -0.15) is 0 Å². The first-order chi connectivity index (χ1) is 9.45. The van der Waals surface area contributed by atoms with Crippen LogP contribution in [0, 0.1) is 0 Å². The van der Waals surface area contributed by atoms with Crippen LogP contribution in [-0.2, 0) is 9.53 Å². The molecule has 1 atom stereocenters. The molecule has 7 heteroatoms. The highest BCUT2D eigenvalue weighted by Crippen LogP contribution is 2.21. The van der Waals surface area contributed by atoms with Crippen molar-refractivity contribution >= 4 is 39.1 Å². The summed E-state index contributed by atoms with van der Waals surface area (Å²) in [5.74, 6) is -0.336. The molecule has 0 saturated heterocycles. The lowest BCUT2D eigenvalue weighted by Crippen LogP contribution is -2.45. The van der Waals surface area contributed by atoms with Gasteiger partial charge in [-0.15, -0.1) is 11.3 Å². The molecule has 5 nitrogen and oxygen atoms in total. The number of ether oxygens (including phenoxy) is 1. The van der Waals surface area contributed by atoms with E-state index in [4.69, 9.17) is 4.74 Å². The molecule has 0 radical (unpaired) electrons. The van der Waals surface area contributed by atoms with E-state index in [9.17, 15) is 9.59 Å². The smallest absolute Gasteiger partial charge is 0.262 e. The molecular weight excluding hydrogens is 344 g/mol. The Hall–Kier alpha value is -0.920. The molecule has 0 aliphatic heterocycles. The van der Waals surface area contributed by atoms with Crippen molar-refractivity contribution in [2.45, 2.75) is 19.4 Å². The number of rotatable bonds is 7. The summed E-state index contributed by atoms with van der Waals surface area (Å²) in [7, 11) is 3.35. The number of halogens is 1. The van der Waals surface area contributed by atoms with Crippen molar-refractivity contribution in [3.63, 3.8) is 0 Å². The van der Waals surface area contributed by atoms with Crippen LogP contribution < -0.4 is 5.32 Å². The Balaban J connectivity index is 2.46. The van der Waals surface area contributed by atoms with Crippen molar-refractivity contribution < 1.29 is 14.3 Å². The van der Waals surface area contributed by atoms with Gasteiger partial charge in [0.15, 0.2) is 0 Å². The molecule has 0 bridgehead atoms. The van der Waals surface area contributed by atoms with E-state index in [0.717, 1.165) is 10.2 Å². The molecule has 0 aromatic carbocycles. The number of hydrogen-bond donors (Lipinski definition) is 1. The quantitative estimate of drug-likeness (QED) is 0.755. The molecule has 0 aliphatic rings. The Morgan fingerprint density at radius 2 is 2.20 bits per heavy atom. The first-order valence-electron chi connectivity index (χ1n) is 6.25. The SMILES string of the molecule is COCCCN(C)C(=O)C(C)NC(=O)c1ccc(Br)s1. The summed E-state index contributed by atoms with van der Waals surface area (Å²) in [6.07, 6.45) is 0.775. The number of carbonyl (C=O) groups excluding carboxylic acids is 2. The molecular formula is C13H19BrN2O3S. The van der Waals surface area contributed by atoms with Crippen molar-refractivity contribution in [3.05, 3.63) is 20.8 Å². The zero-order valence-corrected chi connectivity index (χ0v) is 14.2. The maximum atomic E-state index is 12.1. The van der Waals surface area contributed by atoms with Gasteiger partial charge >= 0.3 is 0 Å². The van der Waals surface area contributed by atoms with Crippen molar-refractivity contribution in [2.24, 2.45) is 0 Å². The van der Waals surface area contributed by atoms with Crippen LogP contribution >= 0.6 is 27.3 Å². The Labute approximate surface area is 131 Å². The van der Waals surface area contributed by atoms with Gasteiger partial charge in [-0.25, -0.2) is 0 Å². The highest BCUT2D eigenvalue weighted by Gasteiger charge is 2.20. The number of thiophene rings is 1. The minimum Gasteiger partial charge on any atom is -0.385 e. The molecule has 1 aromatic heterocycles. The van der Waals surface area contributed by atoms with Gasteiger partial charge in [0.1, 0.15) is 6.04 Å². The van der Waals surface area contributed by atoms with E-state index in [1.165, 1.54) is 11.3 Å². The largest absolute Gasteiger partial charge is 0.385 e. The number of nitrogens with zero attached hydrogens (tertiary/aromatic N) is 1. The summed E-state index contributed by atoms with van der Waals surface area (Å²) < 4.78 is 5.83. The van der Waals surface area contributed by atoms with E-state index in [1.54, 1.807) is 32.0 Å².